The number of hydrogen-bond acceptors (Lipinski definition) is 4. The van der Waals surface area contributed by atoms with Crippen LogP contribution in [-0.4, -0.2) is 20.6 Å². The molecule has 0 unspecified atom stereocenters. The summed E-state index contributed by atoms with van der Waals surface area (Å²) in [6.45, 7) is 2.20. The minimum Gasteiger partial charge on any atom is -0.320 e. The zero-order valence-corrected chi connectivity index (χ0v) is 20.9. The second kappa shape index (κ2) is 9.35. The van der Waals surface area contributed by atoms with Gasteiger partial charge in [0.05, 0.1) is 39.1 Å². The topological polar surface area (TPSA) is 66.5 Å². The first-order chi connectivity index (χ1) is 15.6. The average molecular weight is 519 g/mol. The van der Waals surface area contributed by atoms with Crippen molar-refractivity contribution in [1.29, 1.82) is 0 Å². The number of rotatable bonds is 6. The fourth-order valence-electron chi connectivity index (χ4n) is 3.34. The number of carbonyl (C=O) groups is 1. The highest BCUT2D eigenvalue weighted by Crippen LogP contribution is 2.33. The molecule has 0 aliphatic rings. The summed E-state index contributed by atoms with van der Waals surface area (Å²) in [5.74, 6) is -0.318. The number of halogens is 2. The Morgan fingerprint density at radius 1 is 1.03 bits per heavy atom. The maximum atomic E-state index is 12.8. The van der Waals surface area contributed by atoms with Gasteiger partial charge in [-0.25, -0.2) is 8.42 Å². The minimum absolute atomic E-state index is 0.218. The third-order valence-corrected chi connectivity index (χ3v) is 8.13. The van der Waals surface area contributed by atoms with Gasteiger partial charge in [-0.15, -0.1) is 11.3 Å². The van der Waals surface area contributed by atoms with Crippen LogP contribution in [0.4, 0.5) is 11.4 Å². The molecule has 0 aliphatic heterocycles. The van der Waals surface area contributed by atoms with Crippen LogP contribution in [0.5, 0.6) is 0 Å². The zero-order valence-electron chi connectivity index (χ0n) is 17.8. The molecule has 0 fully saturated rings. The third-order valence-electron chi connectivity index (χ3n) is 5.06. The van der Waals surface area contributed by atoms with Crippen molar-refractivity contribution in [3.05, 3.63) is 92.8 Å². The summed E-state index contributed by atoms with van der Waals surface area (Å²) < 4.78 is 27.3. The predicted octanol–water partition coefficient (Wildman–Crippen LogP) is 6.74. The number of carbonyl (C=O) groups excluding carboxylic acids is 1. The average Bonchev–Trinajstić information content (AvgIpc) is 3.19. The van der Waals surface area contributed by atoms with Gasteiger partial charge in [-0.05, 0) is 54.3 Å². The summed E-state index contributed by atoms with van der Waals surface area (Å²) in [4.78, 5) is 13.3. The van der Waals surface area contributed by atoms with Crippen LogP contribution in [0.2, 0.25) is 10.0 Å². The molecule has 1 aromatic heterocycles. The Labute approximate surface area is 206 Å². The second-order valence-electron chi connectivity index (χ2n) is 7.64. The fourth-order valence-corrected chi connectivity index (χ4v) is 5.51. The lowest BCUT2D eigenvalue weighted by Gasteiger charge is -2.22. The van der Waals surface area contributed by atoms with E-state index in [-0.39, 0.29) is 17.5 Å². The molecule has 0 bridgehead atoms. The highest BCUT2D eigenvalue weighted by Gasteiger charge is 2.20. The van der Waals surface area contributed by atoms with E-state index < -0.39 is 10.0 Å². The van der Waals surface area contributed by atoms with Crippen LogP contribution in [0, 0.1) is 6.92 Å². The number of nitrogens with zero attached hydrogens (tertiary/aromatic N) is 1. The lowest BCUT2D eigenvalue weighted by molar-refractivity contribution is 0.103. The Morgan fingerprint density at radius 3 is 2.45 bits per heavy atom. The Balaban J connectivity index is 1.63. The largest absolute Gasteiger partial charge is 0.320 e. The molecule has 170 valence electrons. The van der Waals surface area contributed by atoms with Crippen molar-refractivity contribution in [2.45, 2.75) is 13.5 Å². The molecule has 9 heteroatoms. The van der Waals surface area contributed by atoms with E-state index in [1.165, 1.54) is 21.9 Å². The van der Waals surface area contributed by atoms with Crippen LogP contribution in [-0.2, 0) is 16.6 Å². The second-order valence-corrected chi connectivity index (χ2v) is 11.4. The van der Waals surface area contributed by atoms with Gasteiger partial charge in [0.2, 0.25) is 10.0 Å². The first kappa shape index (κ1) is 23.6. The van der Waals surface area contributed by atoms with Crippen LogP contribution in [0.1, 0.15) is 20.8 Å². The fraction of sp³-hybridized carbons (Fsp3) is 0.125. The van der Waals surface area contributed by atoms with E-state index >= 15 is 0 Å². The summed E-state index contributed by atoms with van der Waals surface area (Å²) in [6.07, 6.45) is 1.19. The van der Waals surface area contributed by atoms with Crippen molar-refractivity contribution < 1.29 is 13.2 Å². The molecule has 0 saturated carbocycles. The number of nitrogens with one attached hydrogen (secondary N) is 1. The molecule has 1 N–H and O–H groups in total. The quantitative estimate of drug-likeness (QED) is 0.307. The van der Waals surface area contributed by atoms with Gasteiger partial charge in [0, 0.05) is 4.70 Å². The number of aryl methyl sites for hydroxylation is 1. The van der Waals surface area contributed by atoms with E-state index in [1.54, 1.807) is 36.4 Å². The van der Waals surface area contributed by atoms with E-state index in [1.807, 2.05) is 37.3 Å². The lowest BCUT2D eigenvalue weighted by atomic mass is 10.1. The number of benzene rings is 3. The summed E-state index contributed by atoms with van der Waals surface area (Å²) in [5.41, 5.74) is 2.95. The van der Waals surface area contributed by atoms with E-state index in [9.17, 15) is 13.2 Å². The van der Waals surface area contributed by atoms with Gasteiger partial charge in [0.1, 0.15) is 0 Å². The Hall–Kier alpha value is -2.58. The van der Waals surface area contributed by atoms with Crippen molar-refractivity contribution in [3.8, 4) is 0 Å². The first-order valence-corrected chi connectivity index (χ1v) is 13.4. The molecule has 0 spiro atoms. The maximum absolute atomic E-state index is 12.8. The van der Waals surface area contributed by atoms with Gasteiger partial charge in [0.25, 0.3) is 5.91 Å². The van der Waals surface area contributed by atoms with Gasteiger partial charge in [0.15, 0.2) is 0 Å². The molecule has 0 atom stereocenters. The van der Waals surface area contributed by atoms with Crippen molar-refractivity contribution in [2.75, 3.05) is 15.9 Å². The van der Waals surface area contributed by atoms with Gasteiger partial charge in [-0.3, -0.25) is 9.10 Å². The molecule has 1 heterocycles. The van der Waals surface area contributed by atoms with Gasteiger partial charge in [-0.1, -0.05) is 59.1 Å². The molecular weight excluding hydrogens is 499 g/mol. The number of hydrogen-bond donors (Lipinski definition) is 1. The normalized spacial score (nSPS) is 11.5. The molecule has 0 aliphatic carbocycles. The number of fused-ring (bicyclic) bond motifs is 1. The molecule has 4 aromatic rings. The highest BCUT2D eigenvalue weighted by atomic mass is 35.5. The molecule has 1 amide bonds. The molecule has 33 heavy (non-hydrogen) atoms. The van der Waals surface area contributed by atoms with Gasteiger partial charge in [-0.2, -0.15) is 0 Å². The van der Waals surface area contributed by atoms with E-state index in [4.69, 9.17) is 23.2 Å². The Kier molecular flexibility index (Phi) is 6.68. The summed E-state index contributed by atoms with van der Waals surface area (Å²) >= 11 is 13.5. The molecule has 0 radical (unpaired) electrons. The van der Waals surface area contributed by atoms with Crippen molar-refractivity contribution in [2.24, 2.45) is 0 Å². The van der Waals surface area contributed by atoms with E-state index in [2.05, 4.69) is 5.32 Å². The summed E-state index contributed by atoms with van der Waals surface area (Å²) in [5, 5.41) is 4.18. The van der Waals surface area contributed by atoms with Crippen LogP contribution in [0.3, 0.4) is 0 Å². The van der Waals surface area contributed by atoms with Gasteiger partial charge >= 0.3 is 0 Å². The third kappa shape index (κ3) is 5.33. The Bertz CT molecular complexity index is 1450. The van der Waals surface area contributed by atoms with Crippen LogP contribution < -0.4 is 9.62 Å². The van der Waals surface area contributed by atoms with Gasteiger partial charge < -0.3 is 5.32 Å². The van der Waals surface area contributed by atoms with Crippen molar-refractivity contribution in [3.63, 3.8) is 0 Å². The number of thiophene rings is 1. The van der Waals surface area contributed by atoms with E-state index in [0.717, 1.165) is 21.2 Å². The lowest BCUT2D eigenvalue weighted by Crippen LogP contribution is -2.29. The predicted molar refractivity (Wildman–Crippen MR) is 138 cm³/mol. The summed E-state index contributed by atoms with van der Waals surface area (Å²) in [7, 11) is -3.52. The number of sulfonamides is 1. The molecule has 4 rings (SSSR count). The monoisotopic (exact) mass is 518 g/mol. The first-order valence-electron chi connectivity index (χ1n) is 9.94. The summed E-state index contributed by atoms with van der Waals surface area (Å²) in [6, 6.07) is 19.9. The van der Waals surface area contributed by atoms with Crippen molar-refractivity contribution >= 4 is 71.9 Å². The standard InChI is InChI=1S/C24H20Cl2N2O3S2/c1-15-6-8-16(9-7-15)14-28(33(2,30)31)18-10-11-21-17(12-18)13-22(32-21)24(29)27-20-5-3-4-19(25)23(20)26/h3-13H,14H2,1-2H3,(H,27,29). The van der Waals surface area contributed by atoms with Crippen molar-refractivity contribution in [1.82, 2.24) is 0 Å². The number of anilines is 2. The molecule has 3 aromatic carbocycles. The minimum atomic E-state index is -3.52. The molecular formula is C24H20Cl2N2O3S2. The molecule has 5 nitrogen and oxygen atoms in total. The molecule has 0 saturated heterocycles. The van der Waals surface area contributed by atoms with Crippen LogP contribution in [0.15, 0.2) is 66.7 Å². The smallest absolute Gasteiger partial charge is 0.265 e. The SMILES string of the molecule is Cc1ccc(CN(c2ccc3sc(C(=O)Nc4cccc(Cl)c4Cl)cc3c2)S(C)(=O)=O)cc1. The zero-order chi connectivity index (χ0) is 23.8. The highest BCUT2D eigenvalue weighted by molar-refractivity contribution is 7.92. The van der Waals surface area contributed by atoms with Crippen LogP contribution in [0.25, 0.3) is 10.1 Å². The number of amides is 1. The maximum Gasteiger partial charge on any atom is 0.265 e. The Morgan fingerprint density at radius 2 is 1.76 bits per heavy atom. The van der Waals surface area contributed by atoms with Crippen LogP contribution >= 0.6 is 34.5 Å². The van der Waals surface area contributed by atoms with E-state index in [0.29, 0.717) is 21.3 Å².